The van der Waals surface area contributed by atoms with Crippen LogP contribution in [-0.4, -0.2) is 0 Å². The van der Waals surface area contributed by atoms with Crippen molar-refractivity contribution in [1.29, 1.82) is 26.3 Å². The maximum atomic E-state index is 10.7. The Kier molecular flexibility index (Phi) is 6.45. The molecule has 8 heteroatoms. The Morgan fingerprint density at radius 1 is 0.548 bits per heavy atom. The van der Waals surface area contributed by atoms with E-state index < -0.39 is 11.4 Å². The Balaban J connectivity index is 2.14. The highest BCUT2D eigenvalue weighted by Crippen LogP contribution is 2.58. The lowest BCUT2D eigenvalue weighted by Crippen LogP contribution is -2.04. The Morgan fingerprint density at radius 3 is 1.43 bits per heavy atom. The van der Waals surface area contributed by atoms with Crippen LogP contribution in [0.5, 0.6) is 0 Å². The van der Waals surface area contributed by atoms with Crippen LogP contribution in [0.25, 0.3) is 48.1 Å². The van der Waals surface area contributed by atoms with Gasteiger partial charge in [-0.3, -0.25) is 0 Å². The minimum absolute atomic E-state index is 0.000654. The molecule has 0 spiro atoms. The van der Waals surface area contributed by atoms with Gasteiger partial charge < -0.3 is 0 Å². The number of rotatable bonds is 2. The summed E-state index contributed by atoms with van der Waals surface area (Å²) in [6.45, 7) is 23.6. The summed E-state index contributed by atoms with van der Waals surface area (Å²) < 4.78 is 0. The smallest absolute Gasteiger partial charge is 0.237 e. The molecule has 0 fully saturated rings. The van der Waals surface area contributed by atoms with E-state index in [4.69, 9.17) is 19.7 Å². The van der Waals surface area contributed by atoms with E-state index in [-0.39, 0.29) is 66.9 Å². The third kappa shape index (κ3) is 3.47. The van der Waals surface area contributed by atoms with E-state index in [0.717, 1.165) is 0 Å². The summed E-state index contributed by atoms with van der Waals surface area (Å²) in [5.41, 5.74) is 0.251. The van der Waals surface area contributed by atoms with Gasteiger partial charge in [0, 0.05) is 22.3 Å². The normalized spacial score (nSPS) is 14.9. The fraction of sp³-hybridized carbons (Fsp3) is 0. The molecule has 0 radical (unpaired) electrons. The molecule has 0 heterocycles. The molecule has 0 N–H and O–H groups in total. The van der Waals surface area contributed by atoms with Gasteiger partial charge in [-0.25, -0.2) is 25.1 Å². The molecule has 0 aliphatic heterocycles. The molecule has 3 aromatic rings. The number of allylic oxidation sites excluding steroid dienone is 7. The van der Waals surface area contributed by atoms with E-state index in [0.29, 0.717) is 11.1 Å². The van der Waals surface area contributed by atoms with Gasteiger partial charge in [-0.05, 0) is 33.4 Å². The van der Waals surface area contributed by atoms with E-state index in [1.54, 1.807) is 60.7 Å². The molecule has 186 valence electrons. The second kappa shape index (κ2) is 10.4. The van der Waals surface area contributed by atoms with Crippen molar-refractivity contribution in [1.82, 2.24) is 0 Å². The average Bonchev–Trinajstić information content (AvgIpc) is 3.56. The van der Waals surface area contributed by atoms with Crippen LogP contribution >= 0.6 is 0 Å². The molecular formula is C34H10N8. The van der Waals surface area contributed by atoms with E-state index >= 15 is 0 Å². The van der Waals surface area contributed by atoms with Crippen molar-refractivity contribution >= 4 is 33.6 Å². The van der Waals surface area contributed by atoms with Crippen molar-refractivity contribution in [3.05, 3.63) is 151 Å². The molecule has 2 aliphatic rings. The topological polar surface area (TPSA) is 132 Å². The predicted molar refractivity (Wildman–Crippen MR) is 153 cm³/mol. The second-order valence-electron chi connectivity index (χ2n) is 8.80. The summed E-state index contributed by atoms with van der Waals surface area (Å²) in [5, 5.41) is 51.7. The zero-order chi connectivity index (χ0) is 30.0. The van der Waals surface area contributed by atoms with Crippen molar-refractivity contribution < 1.29 is 0 Å². The third-order valence-corrected chi connectivity index (χ3v) is 6.95. The quantitative estimate of drug-likeness (QED) is 0.260. The van der Waals surface area contributed by atoms with Crippen LogP contribution in [0.3, 0.4) is 0 Å². The maximum Gasteiger partial charge on any atom is 0.270 e. The molecule has 0 aromatic heterocycles. The minimum atomic E-state index is -0.406. The largest absolute Gasteiger partial charge is 0.270 e. The van der Waals surface area contributed by atoms with E-state index in [9.17, 15) is 26.3 Å². The summed E-state index contributed by atoms with van der Waals surface area (Å²) in [6, 6.07) is 27.1. The van der Waals surface area contributed by atoms with Crippen LogP contribution in [0.4, 0.5) is 0 Å². The summed E-state index contributed by atoms with van der Waals surface area (Å²) in [4.78, 5) is 10.5. The van der Waals surface area contributed by atoms with E-state index in [1.165, 1.54) is 0 Å². The van der Waals surface area contributed by atoms with Crippen molar-refractivity contribution in [2.24, 2.45) is 0 Å². The van der Waals surface area contributed by atoms with Crippen molar-refractivity contribution in [3.8, 4) is 30.3 Å². The van der Waals surface area contributed by atoms with Crippen LogP contribution < -0.4 is 0 Å². The Labute approximate surface area is 240 Å². The lowest BCUT2D eigenvalue weighted by atomic mass is 9.83. The van der Waals surface area contributed by atoms with Gasteiger partial charge in [-0.2, -0.15) is 15.8 Å². The minimum Gasteiger partial charge on any atom is -0.237 e. The molecule has 0 atom stereocenters. The highest BCUT2D eigenvalue weighted by Gasteiger charge is 2.43. The van der Waals surface area contributed by atoms with Crippen LogP contribution in [0.15, 0.2) is 72.1 Å². The fourth-order valence-electron chi connectivity index (χ4n) is 5.45. The zero-order valence-electron chi connectivity index (χ0n) is 21.4. The molecule has 5 rings (SSSR count). The molecule has 0 unspecified atom stereocenters. The van der Waals surface area contributed by atoms with Crippen LogP contribution in [0.1, 0.15) is 44.5 Å². The summed E-state index contributed by atoms with van der Waals surface area (Å²) in [5.74, 6) is 0. The predicted octanol–water partition coefficient (Wildman–Crippen LogP) is 6.99. The Hall–Kier alpha value is -7.46. The first-order valence-corrected chi connectivity index (χ1v) is 12.0. The van der Waals surface area contributed by atoms with Gasteiger partial charge in [0.2, 0.25) is 5.70 Å². The molecular weight excluding hydrogens is 520 g/mol. The van der Waals surface area contributed by atoms with E-state index in [1.807, 2.05) is 12.1 Å². The first kappa shape index (κ1) is 26.2. The molecule has 0 saturated heterocycles. The van der Waals surface area contributed by atoms with Crippen LogP contribution in [-0.2, 0) is 0 Å². The molecule has 0 saturated carbocycles. The van der Waals surface area contributed by atoms with Gasteiger partial charge >= 0.3 is 0 Å². The Morgan fingerprint density at radius 2 is 1.00 bits per heavy atom. The number of hydrogen-bond acceptors (Lipinski definition) is 5. The number of hydrogen-bond donors (Lipinski definition) is 0. The molecule has 3 aromatic carbocycles. The molecule has 0 bridgehead atoms. The average molecular weight is 531 g/mol. The SMILES string of the molecule is [C-]#[N+]C1=C(c2ccccc2)/C(=C(/C#N)[N+]#[C-])c2c(C#N)c3c(c(C#N)c21)C(C#N)=C(c1ccccc1)/C3=C(\C#N)[N+]#[C-]. The van der Waals surface area contributed by atoms with Gasteiger partial charge in [-0.1, -0.05) is 60.7 Å². The van der Waals surface area contributed by atoms with Gasteiger partial charge in [0.1, 0.15) is 12.1 Å². The van der Waals surface area contributed by atoms with Crippen LogP contribution in [0.2, 0.25) is 0 Å². The summed E-state index contributed by atoms with van der Waals surface area (Å²) in [7, 11) is 0. The monoisotopic (exact) mass is 530 g/mol. The standard InChI is InChI=1S/C34H10N8/c1-40-24(17-38)32-26(19-10-6-4-7-11-19)21(14-35)28-22(15-36)31-30(23(16-37)29(28)32)33(25(18-39)41-2)27(34(31)42-3)20-12-8-5-9-13-20/h4-13H/b32-24-,33-25+. The fourth-order valence-corrected chi connectivity index (χ4v) is 5.45. The third-order valence-electron chi connectivity index (χ3n) is 6.95. The van der Waals surface area contributed by atoms with E-state index in [2.05, 4.69) is 32.7 Å². The van der Waals surface area contributed by atoms with Gasteiger partial charge in [0.25, 0.3) is 11.4 Å². The van der Waals surface area contributed by atoms with Crippen LogP contribution in [0, 0.1) is 76.4 Å². The number of nitriles is 5. The van der Waals surface area contributed by atoms with Gasteiger partial charge in [0.15, 0.2) is 0 Å². The first-order chi connectivity index (χ1) is 20.6. The number of benzene rings is 3. The molecule has 0 amide bonds. The lowest BCUT2D eigenvalue weighted by molar-refractivity contribution is 1.38. The first-order valence-electron chi connectivity index (χ1n) is 12.0. The van der Waals surface area contributed by atoms with Gasteiger partial charge in [-0.15, -0.1) is 0 Å². The Bertz CT molecular complexity index is 2060. The van der Waals surface area contributed by atoms with Gasteiger partial charge in [0.05, 0.1) is 54.6 Å². The van der Waals surface area contributed by atoms with Crippen molar-refractivity contribution in [2.75, 3.05) is 0 Å². The molecule has 2 aliphatic carbocycles. The summed E-state index contributed by atoms with van der Waals surface area (Å²) >= 11 is 0. The summed E-state index contributed by atoms with van der Waals surface area (Å²) in [6.07, 6.45) is 0. The highest BCUT2D eigenvalue weighted by atomic mass is 14.7. The second-order valence-corrected chi connectivity index (χ2v) is 8.80. The van der Waals surface area contributed by atoms with Crippen molar-refractivity contribution in [3.63, 3.8) is 0 Å². The number of nitrogens with zero attached hydrogens (tertiary/aromatic N) is 8. The lowest BCUT2D eigenvalue weighted by Gasteiger charge is -2.17. The molecule has 42 heavy (non-hydrogen) atoms. The molecule has 8 nitrogen and oxygen atoms in total. The highest BCUT2D eigenvalue weighted by molar-refractivity contribution is 6.31. The zero-order valence-corrected chi connectivity index (χ0v) is 21.4. The number of fused-ring (bicyclic) bond motifs is 2. The van der Waals surface area contributed by atoms with Crippen molar-refractivity contribution in [2.45, 2.75) is 0 Å². The maximum absolute atomic E-state index is 10.7.